The highest BCUT2D eigenvalue weighted by molar-refractivity contribution is 5.73. The molecule has 0 bridgehead atoms. The van der Waals surface area contributed by atoms with Crippen molar-refractivity contribution in [3.8, 4) is 0 Å². The minimum atomic E-state index is -1.84. The van der Waals surface area contributed by atoms with Crippen molar-refractivity contribution in [2.45, 2.75) is 119 Å². The summed E-state index contributed by atoms with van der Waals surface area (Å²) < 4.78 is 27.9. The molecule has 16 atom stereocenters. The molecule has 216 valence electrons. The molecule has 37 heavy (non-hydrogen) atoms. The van der Waals surface area contributed by atoms with Crippen molar-refractivity contribution in [2.75, 3.05) is 6.61 Å². The number of carbonyl (C=O) groups excluding carboxylic acids is 1. The fourth-order valence-corrected chi connectivity index (χ4v) is 4.56. The fourth-order valence-electron chi connectivity index (χ4n) is 4.56. The first-order chi connectivity index (χ1) is 17.3. The molecule has 3 heterocycles. The number of hydrogen-bond donors (Lipinski definition) is 10. The van der Waals surface area contributed by atoms with E-state index in [2.05, 4.69) is 5.32 Å². The van der Waals surface area contributed by atoms with Gasteiger partial charge in [-0.1, -0.05) is 0 Å². The third kappa shape index (κ3) is 6.39. The summed E-state index contributed by atoms with van der Waals surface area (Å²) in [5, 5.41) is 93.6. The summed E-state index contributed by atoms with van der Waals surface area (Å²) >= 11 is 0. The van der Waals surface area contributed by atoms with Crippen LogP contribution in [0.1, 0.15) is 20.8 Å². The molecule has 0 aromatic heterocycles. The Kier molecular flexibility index (Phi) is 10.2. The second-order valence-electron chi connectivity index (χ2n) is 9.53. The van der Waals surface area contributed by atoms with Gasteiger partial charge in [0, 0.05) is 6.92 Å². The van der Waals surface area contributed by atoms with Gasteiger partial charge < -0.3 is 75.0 Å². The van der Waals surface area contributed by atoms with E-state index < -0.39 is 111 Å². The van der Waals surface area contributed by atoms with Gasteiger partial charge in [0.1, 0.15) is 67.1 Å². The smallest absolute Gasteiger partial charge is 0.217 e. The number of ether oxygens (including phenoxy) is 5. The van der Waals surface area contributed by atoms with Gasteiger partial charge in [-0.3, -0.25) is 4.79 Å². The topological polar surface area (TPSA) is 257 Å². The van der Waals surface area contributed by atoms with E-state index in [1.54, 1.807) is 0 Å². The van der Waals surface area contributed by atoms with Crippen LogP contribution in [0.4, 0.5) is 0 Å². The number of hydrogen-bond acceptors (Lipinski definition) is 15. The van der Waals surface area contributed by atoms with Gasteiger partial charge in [0.2, 0.25) is 5.91 Å². The van der Waals surface area contributed by atoms with Gasteiger partial charge in [-0.25, -0.2) is 0 Å². The lowest BCUT2D eigenvalue weighted by atomic mass is 9.95. The summed E-state index contributed by atoms with van der Waals surface area (Å²) in [6, 6.07) is -1.37. The summed E-state index contributed by atoms with van der Waals surface area (Å²) in [5.41, 5.74) is 0. The second kappa shape index (κ2) is 12.4. The highest BCUT2D eigenvalue weighted by Crippen LogP contribution is 2.32. The molecular formula is C21H37NO15. The van der Waals surface area contributed by atoms with E-state index >= 15 is 0 Å². The third-order valence-corrected chi connectivity index (χ3v) is 6.76. The summed E-state index contributed by atoms with van der Waals surface area (Å²) in [6.07, 6.45) is -22.9. The number of carbonyl (C=O) groups is 1. The average molecular weight is 544 g/mol. The molecule has 0 aliphatic carbocycles. The van der Waals surface area contributed by atoms with E-state index in [1.807, 2.05) is 0 Å². The van der Waals surface area contributed by atoms with Crippen LogP contribution in [0.5, 0.6) is 0 Å². The minimum Gasteiger partial charge on any atom is -0.394 e. The zero-order valence-electron chi connectivity index (χ0n) is 20.4. The van der Waals surface area contributed by atoms with E-state index in [0.29, 0.717) is 0 Å². The summed E-state index contributed by atoms with van der Waals surface area (Å²) in [6.45, 7) is 3.23. The van der Waals surface area contributed by atoms with Crippen molar-refractivity contribution >= 4 is 5.91 Å². The van der Waals surface area contributed by atoms with Crippen LogP contribution in [0.15, 0.2) is 0 Å². The van der Waals surface area contributed by atoms with Crippen LogP contribution in [0.2, 0.25) is 0 Å². The largest absolute Gasteiger partial charge is 0.394 e. The first-order valence-electron chi connectivity index (χ1n) is 11.9. The molecule has 0 aromatic carbocycles. The van der Waals surface area contributed by atoms with E-state index in [1.165, 1.54) is 13.8 Å². The Bertz CT molecular complexity index is 761. The Morgan fingerprint density at radius 2 is 1.49 bits per heavy atom. The van der Waals surface area contributed by atoms with Crippen LogP contribution >= 0.6 is 0 Å². The SMILES string of the molecule is CC(=O)N[C@H]1[C@H](O[C@@H]2[C@@H](O[C@H](C)[C@H]3O[C@H](O)[C@H](O)[C@@H](O)[C@@H]3O)O[C@H](C)[C@@H](O)[C@@H]2O)O[C@H](CO)[C@@H](O)[C@@H]1O. The zero-order valence-corrected chi connectivity index (χ0v) is 20.4. The highest BCUT2D eigenvalue weighted by atomic mass is 16.8. The second-order valence-corrected chi connectivity index (χ2v) is 9.53. The molecule has 0 saturated carbocycles. The lowest BCUT2D eigenvalue weighted by Gasteiger charge is -2.48. The Morgan fingerprint density at radius 3 is 2.08 bits per heavy atom. The molecular weight excluding hydrogens is 506 g/mol. The van der Waals surface area contributed by atoms with Crippen LogP contribution in [-0.4, -0.2) is 157 Å². The molecule has 10 N–H and O–H groups in total. The Hall–Kier alpha value is -1.09. The van der Waals surface area contributed by atoms with E-state index in [9.17, 15) is 50.8 Å². The molecule has 3 fully saturated rings. The molecule has 3 aliphatic heterocycles. The standard InChI is InChI=1S/C21H37NO15/c1-5-10(25)14(29)18(37-20-9(22-7(3)24)12(27)11(26)8(4-23)35-20)21(33-5)34-6(2)17-15(30)13(28)16(31)19(32)36-17/h5-6,8-21,23,25-32H,4H2,1-3H3,(H,22,24)/t5-,6-,8-,9-,10-,11-,12-,13+,14+,15+,16-,17-,18+,19+,20+,21-/m1/s1. The van der Waals surface area contributed by atoms with Crippen LogP contribution in [-0.2, 0) is 28.5 Å². The van der Waals surface area contributed by atoms with Gasteiger partial charge >= 0.3 is 0 Å². The Balaban J connectivity index is 1.82. The number of rotatable bonds is 7. The van der Waals surface area contributed by atoms with E-state index in [0.717, 1.165) is 6.92 Å². The van der Waals surface area contributed by atoms with Crippen LogP contribution in [0.25, 0.3) is 0 Å². The third-order valence-electron chi connectivity index (χ3n) is 6.76. The molecule has 0 unspecified atom stereocenters. The number of aliphatic hydroxyl groups excluding tert-OH is 9. The van der Waals surface area contributed by atoms with Gasteiger partial charge in [-0.05, 0) is 13.8 Å². The fraction of sp³-hybridized carbons (Fsp3) is 0.952. The lowest BCUT2D eigenvalue weighted by Crippen LogP contribution is -2.67. The molecule has 3 rings (SSSR count). The quantitative estimate of drug-likeness (QED) is 0.143. The van der Waals surface area contributed by atoms with Crippen molar-refractivity contribution in [2.24, 2.45) is 0 Å². The number of aliphatic hydroxyl groups is 9. The lowest BCUT2D eigenvalue weighted by molar-refractivity contribution is -0.367. The summed E-state index contributed by atoms with van der Waals surface area (Å²) in [5.74, 6) is -0.617. The molecule has 3 saturated heterocycles. The predicted octanol–water partition coefficient (Wildman–Crippen LogP) is -6.01. The monoisotopic (exact) mass is 543 g/mol. The molecule has 0 aromatic rings. The first kappa shape index (κ1) is 30.5. The summed E-state index contributed by atoms with van der Waals surface area (Å²) in [7, 11) is 0. The van der Waals surface area contributed by atoms with Gasteiger partial charge in [0.15, 0.2) is 18.9 Å². The van der Waals surface area contributed by atoms with Gasteiger partial charge in [0.05, 0.1) is 18.8 Å². The van der Waals surface area contributed by atoms with Crippen molar-refractivity contribution in [3.05, 3.63) is 0 Å². The van der Waals surface area contributed by atoms with Crippen molar-refractivity contribution < 1.29 is 74.4 Å². The maximum atomic E-state index is 11.7. The molecule has 1 amide bonds. The predicted molar refractivity (Wildman–Crippen MR) is 116 cm³/mol. The van der Waals surface area contributed by atoms with Crippen molar-refractivity contribution in [3.63, 3.8) is 0 Å². The molecule has 0 spiro atoms. The van der Waals surface area contributed by atoms with E-state index in [-0.39, 0.29) is 0 Å². The maximum absolute atomic E-state index is 11.7. The van der Waals surface area contributed by atoms with Crippen molar-refractivity contribution in [1.29, 1.82) is 0 Å². The number of nitrogens with one attached hydrogen (secondary N) is 1. The molecule has 16 heteroatoms. The molecule has 16 nitrogen and oxygen atoms in total. The van der Waals surface area contributed by atoms with Crippen LogP contribution in [0, 0.1) is 0 Å². The minimum absolute atomic E-state index is 0.617. The zero-order chi connectivity index (χ0) is 27.8. The van der Waals surface area contributed by atoms with Crippen molar-refractivity contribution in [1.82, 2.24) is 5.32 Å². The molecule has 0 radical (unpaired) electrons. The normalized spacial score (nSPS) is 49.9. The van der Waals surface area contributed by atoms with Gasteiger partial charge in [-0.15, -0.1) is 0 Å². The van der Waals surface area contributed by atoms with Crippen LogP contribution in [0.3, 0.4) is 0 Å². The number of amides is 1. The molecule has 3 aliphatic rings. The van der Waals surface area contributed by atoms with E-state index in [4.69, 9.17) is 23.7 Å². The van der Waals surface area contributed by atoms with Gasteiger partial charge in [0.25, 0.3) is 0 Å². The first-order valence-corrected chi connectivity index (χ1v) is 11.9. The Morgan fingerprint density at radius 1 is 0.838 bits per heavy atom. The van der Waals surface area contributed by atoms with Gasteiger partial charge in [-0.2, -0.15) is 0 Å². The van der Waals surface area contributed by atoms with Crippen LogP contribution < -0.4 is 5.32 Å². The average Bonchev–Trinajstić information content (AvgIpc) is 2.84. The summed E-state index contributed by atoms with van der Waals surface area (Å²) in [4.78, 5) is 11.7. The maximum Gasteiger partial charge on any atom is 0.217 e. The highest BCUT2D eigenvalue weighted by Gasteiger charge is 2.52. The Labute approximate surface area is 211 Å².